The van der Waals surface area contributed by atoms with Crippen LogP contribution in [0.4, 0.5) is 4.79 Å². The number of amides is 3. The normalized spacial score (nSPS) is 19.6. The lowest BCUT2D eigenvalue weighted by atomic mass is 10.2. The number of morpholine rings is 1. The summed E-state index contributed by atoms with van der Waals surface area (Å²) in [5.74, 6) is -0.778. The Balaban J connectivity index is 2.31. The molecule has 2 N–H and O–H groups in total. The predicted molar refractivity (Wildman–Crippen MR) is 65.4 cm³/mol. The zero-order valence-electron chi connectivity index (χ0n) is 11.1. The SMILES string of the molecule is CNC(=O)NC(=O)CCN1CCOC(C(=O)OC)C1. The number of ether oxygens (including phenoxy) is 2. The second-order valence-corrected chi connectivity index (χ2v) is 4.06. The molecule has 0 bridgehead atoms. The Kier molecular flexibility index (Phi) is 6.23. The minimum Gasteiger partial charge on any atom is -0.467 e. The lowest BCUT2D eigenvalue weighted by Gasteiger charge is -2.31. The number of urea groups is 1. The molecule has 0 aliphatic carbocycles. The van der Waals surface area contributed by atoms with E-state index in [4.69, 9.17) is 4.74 Å². The Morgan fingerprint density at radius 2 is 2.16 bits per heavy atom. The van der Waals surface area contributed by atoms with Gasteiger partial charge < -0.3 is 14.8 Å². The second kappa shape index (κ2) is 7.70. The van der Waals surface area contributed by atoms with E-state index < -0.39 is 18.1 Å². The van der Waals surface area contributed by atoms with Gasteiger partial charge in [-0.2, -0.15) is 0 Å². The molecule has 1 rings (SSSR count). The van der Waals surface area contributed by atoms with Gasteiger partial charge in [0, 0.05) is 33.1 Å². The highest BCUT2D eigenvalue weighted by Gasteiger charge is 2.27. The van der Waals surface area contributed by atoms with Crippen molar-refractivity contribution in [1.82, 2.24) is 15.5 Å². The van der Waals surface area contributed by atoms with Crippen molar-refractivity contribution >= 4 is 17.9 Å². The molecule has 0 radical (unpaired) electrons. The summed E-state index contributed by atoms with van der Waals surface area (Å²) in [6.45, 7) is 1.90. The van der Waals surface area contributed by atoms with E-state index in [1.54, 1.807) is 0 Å². The smallest absolute Gasteiger partial charge is 0.336 e. The van der Waals surface area contributed by atoms with Crippen molar-refractivity contribution in [2.24, 2.45) is 0 Å². The largest absolute Gasteiger partial charge is 0.467 e. The van der Waals surface area contributed by atoms with Crippen molar-refractivity contribution in [3.05, 3.63) is 0 Å². The van der Waals surface area contributed by atoms with Gasteiger partial charge in [0.15, 0.2) is 6.10 Å². The van der Waals surface area contributed by atoms with E-state index in [1.807, 2.05) is 4.90 Å². The summed E-state index contributed by atoms with van der Waals surface area (Å²) in [6.07, 6.45) is -0.429. The summed E-state index contributed by atoms with van der Waals surface area (Å²) in [7, 11) is 2.74. The van der Waals surface area contributed by atoms with Gasteiger partial charge in [0.25, 0.3) is 0 Å². The van der Waals surface area contributed by atoms with Crippen molar-refractivity contribution in [1.29, 1.82) is 0 Å². The average molecular weight is 273 g/mol. The van der Waals surface area contributed by atoms with Crippen LogP contribution in [0.1, 0.15) is 6.42 Å². The maximum Gasteiger partial charge on any atom is 0.336 e. The monoisotopic (exact) mass is 273 g/mol. The molecule has 1 unspecified atom stereocenters. The van der Waals surface area contributed by atoms with Crippen LogP contribution < -0.4 is 10.6 Å². The van der Waals surface area contributed by atoms with E-state index >= 15 is 0 Å². The van der Waals surface area contributed by atoms with Crippen molar-refractivity contribution in [2.45, 2.75) is 12.5 Å². The second-order valence-electron chi connectivity index (χ2n) is 4.06. The third-order valence-corrected chi connectivity index (χ3v) is 2.75. The quantitative estimate of drug-likeness (QED) is 0.618. The third-order valence-electron chi connectivity index (χ3n) is 2.75. The molecule has 1 atom stereocenters. The highest BCUT2D eigenvalue weighted by molar-refractivity contribution is 5.94. The van der Waals surface area contributed by atoms with Gasteiger partial charge in [0.05, 0.1) is 13.7 Å². The average Bonchev–Trinajstić information content (AvgIpc) is 2.44. The van der Waals surface area contributed by atoms with Crippen LogP contribution in [0.2, 0.25) is 0 Å². The lowest BCUT2D eigenvalue weighted by Crippen LogP contribution is -2.47. The van der Waals surface area contributed by atoms with Gasteiger partial charge in [-0.25, -0.2) is 9.59 Å². The molecule has 0 aromatic carbocycles. The summed E-state index contributed by atoms with van der Waals surface area (Å²) in [6, 6.07) is -0.528. The van der Waals surface area contributed by atoms with Crippen molar-refractivity contribution in [3.8, 4) is 0 Å². The number of nitrogens with one attached hydrogen (secondary N) is 2. The van der Waals surface area contributed by atoms with Gasteiger partial charge in [-0.1, -0.05) is 0 Å². The molecule has 1 aliphatic rings. The van der Waals surface area contributed by atoms with E-state index in [0.717, 1.165) is 0 Å². The molecule has 0 aromatic heterocycles. The summed E-state index contributed by atoms with van der Waals surface area (Å²) in [5.41, 5.74) is 0. The van der Waals surface area contributed by atoms with Gasteiger partial charge in [-0.05, 0) is 0 Å². The number of imide groups is 1. The van der Waals surface area contributed by atoms with E-state index in [1.165, 1.54) is 14.2 Å². The van der Waals surface area contributed by atoms with Crippen LogP contribution in [-0.4, -0.2) is 69.3 Å². The molecule has 1 aliphatic heterocycles. The lowest BCUT2D eigenvalue weighted by molar-refractivity contribution is -0.159. The van der Waals surface area contributed by atoms with Crippen LogP contribution in [0, 0.1) is 0 Å². The van der Waals surface area contributed by atoms with Crippen LogP contribution >= 0.6 is 0 Å². The molecule has 3 amide bonds. The summed E-state index contributed by atoms with van der Waals surface area (Å²) < 4.78 is 9.88. The standard InChI is InChI=1S/C11H19N3O5/c1-12-11(17)13-9(15)3-4-14-5-6-19-8(7-14)10(16)18-2/h8H,3-7H2,1-2H3,(H2,12,13,15,17). The minimum atomic E-state index is -0.610. The van der Waals surface area contributed by atoms with Crippen molar-refractivity contribution in [3.63, 3.8) is 0 Å². The third kappa shape index (κ3) is 5.23. The molecule has 1 heterocycles. The van der Waals surface area contributed by atoms with Crippen LogP contribution in [0.5, 0.6) is 0 Å². The first-order chi connectivity index (χ1) is 9.06. The number of nitrogens with zero attached hydrogens (tertiary/aromatic N) is 1. The summed E-state index contributed by atoms with van der Waals surface area (Å²) in [4.78, 5) is 35.6. The fourth-order valence-corrected chi connectivity index (χ4v) is 1.69. The molecule has 0 saturated carbocycles. The van der Waals surface area contributed by atoms with E-state index in [9.17, 15) is 14.4 Å². The fraction of sp³-hybridized carbons (Fsp3) is 0.727. The van der Waals surface area contributed by atoms with E-state index in [-0.39, 0.29) is 12.3 Å². The van der Waals surface area contributed by atoms with Crippen molar-refractivity contribution < 1.29 is 23.9 Å². The Morgan fingerprint density at radius 1 is 1.42 bits per heavy atom. The van der Waals surface area contributed by atoms with Crippen molar-refractivity contribution in [2.75, 3.05) is 40.4 Å². The number of hydrogen-bond acceptors (Lipinski definition) is 6. The maximum atomic E-state index is 11.4. The van der Waals surface area contributed by atoms with Crippen LogP contribution in [0.15, 0.2) is 0 Å². The molecule has 1 fully saturated rings. The molecular weight excluding hydrogens is 254 g/mol. The number of esters is 1. The van der Waals surface area contributed by atoms with Gasteiger partial charge in [0.1, 0.15) is 0 Å². The summed E-state index contributed by atoms with van der Waals surface area (Å²) >= 11 is 0. The molecule has 0 aromatic rings. The Morgan fingerprint density at radius 3 is 2.79 bits per heavy atom. The first-order valence-corrected chi connectivity index (χ1v) is 6.00. The van der Waals surface area contributed by atoms with Crippen LogP contribution in [0.3, 0.4) is 0 Å². The van der Waals surface area contributed by atoms with Gasteiger partial charge in [-0.3, -0.25) is 15.0 Å². The molecule has 8 nitrogen and oxygen atoms in total. The molecule has 108 valence electrons. The highest BCUT2D eigenvalue weighted by Crippen LogP contribution is 2.07. The number of methoxy groups -OCH3 is 1. The maximum absolute atomic E-state index is 11.4. The van der Waals surface area contributed by atoms with E-state index in [0.29, 0.717) is 26.2 Å². The number of hydrogen-bond donors (Lipinski definition) is 2. The van der Waals surface area contributed by atoms with Gasteiger partial charge >= 0.3 is 12.0 Å². The Labute approximate surface area is 111 Å². The van der Waals surface area contributed by atoms with Gasteiger partial charge in [-0.15, -0.1) is 0 Å². The number of rotatable bonds is 4. The molecule has 1 saturated heterocycles. The van der Waals surface area contributed by atoms with Crippen LogP contribution in [-0.2, 0) is 19.1 Å². The molecule has 19 heavy (non-hydrogen) atoms. The Bertz CT molecular complexity index is 347. The topological polar surface area (TPSA) is 97.0 Å². The zero-order valence-corrected chi connectivity index (χ0v) is 11.1. The number of carbonyl (C=O) groups is 3. The Hall–Kier alpha value is -1.67. The van der Waals surface area contributed by atoms with E-state index in [2.05, 4.69) is 15.4 Å². The predicted octanol–water partition coefficient (Wildman–Crippen LogP) is -1.29. The highest BCUT2D eigenvalue weighted by atomic mass is 16.6. The van der Waals surface area contributed by atoms with Crippen LogP contribution in [0.25, 0.3) is 0 Å². The first-order valence-electron chi connectivity index (χ1n) is 6.00. The minimum absolute atomic E-state index is 0.182. The number of carbonyl (C=O) groups excluding carboxylic acids is 3. The molecular formula is C11H19N3O5. The molecule has 0 spiro atoms. The zero-order chi connectivity index (χ0) is 14.3. The first kappa shape index (κ1) is 15.4. The van der Waals surface area contributed by atoms with Gasteiger partial charge in [0.2, 0.25) is 5.91 Å². The summed E-state index contributed by atoms with van der Waals surface area (Å²) in [5, 5.41) is 4.47. The fourth-order valence-electron chi connectivity index (χ4n) is 1.69. The molecule has 8 heteroatoms.